The topological polar surface area (TPSA) is 108 Å². The molecule has 0 radical (unpaired) electrons. The van der Waals surface area contributed by atoms with Gasteiger partial charge in [0.15, 0.2) is 5.60 Å². The van der Waals surface area contributed by atoms with Crippen LogP contribution >= 0.6 is 0 Å². The molecule has 7 nitrogen and oxygen atoms in total. The molecule has 0 aliphatic heterocycles. The molecule has 8 heteroatoms. The Labute approximate surface area is 179 Å². The van der Waals surface area contributed by atoms with Crippen LogP contribution in [-0.4, -0.2) is 24.4 Å². The maximum Gasteiger partial charge on any atom is 0.276 e. The third kappa shape index (κ3) is 3.91. The van der Waals surface area contributed by atoms with Crippen LogP contribution in [0.3, 0.4) is 0 Å². The molecule has 31 heavy (non-hydrogen) atoms. The number of rotatable bonds is 6. The fourth-order valence-corrected chi connectivity index (χ4v) is 4.36. The fourth-order valence-electron chi connectivity index (χ4n) is 3.34. The minimum Gasteiger partial charge on any atom is -0.372 e. The van der Waals surface area contributed by atoms with E-state index >= 15 is 0 Å². The number of carbonyl (C=O) groups excluding carboxylic acids is 1. The summed E-state index contributed by atoms with van der Waals surface area (Å²) in [7, 11) is -4.16. The zero-order valence-corrected chi connectivity index (χ0v) is 17.1. The Morgan fingerprint density at radius 1 is 0.806 bits per heavy atom. The quantitative estimate of drug-likeness (QED) is 0.405. The van der Waals surface area contributed by atoms with Gasteiger partial charge in [0, 0.05) is 11.6 Å². The van der Waals surface area contributed by atoms with Gasteiger partial charge in [0.1, 0.15) is 4.90 Å². The van der Waals surface area contributed by atoms with Crippen LogP contribution in [-0.2, 0) is 20.4 Å². The van der Waals surface area contributed by atoms with Crippen molar-refractivity contribution in [2.24, 2.45) is 0 Å². The highest BCUT2D eigenvalue weighted by atomic mass is 32.2. The largest absolute Gasteiger partial charge is 0.372 e. The molecule has 3 N–H and O–H groups in total. The number of sulfonamides is 1. The Morgan fingerprint density at radius 2 is 1.39 bits per heavy atom. The first-order chi connectivity index (χ1) is 14.9. The lowest BCUT2D eigenvalue weighted by atomic mass is 9.86. The highest BCUT2D eigenvalue weighted by molar-refractivity contribution is 7.89. The third-order valence-corrected chi connectivity index (χ3v) is 6.18. The summed E-state index contributed by atoms with van der Waals surface area (Å²) < 4.78 is 25.8. The highest BCUT2D eigenvalue weighted by Crippen LogP contribution is 2.30. The molecule has 1 heterocycles. The number of fused-ring (bicyclic) bond motifs is 1. The predicted molar refractivity (Wildman–Crippen MR) is 116 cm³/mol. The number of hydrogen-bond acceptors (Lipinski definition) is 5. The molecule has 0 unspecified atom stereocenters. The number of nitrogens with one attached hydrogen (secondary N) is 2. The SMILES string of the molecule is O=C(NNS(=O)(=O)c1cccc2cccnc12)C(O)(c1ccccc1)c1ccccc1. The van der Waals surface area contributed by atoms with Gasteiger partial charge in [0.25, 0.3) is 15.9 Å². The second-order valence-corrected chi connectivity index (χ2v) is 8.48. The summed E-state index contributed by atoms with van der Waals surface area (Å²) in [5.41, 5.74) is 0.923. The lowest BCUT2D eigenvalue weighted by Gasteiger charge is -2.28. The molecular weight excluding hydrogens is 414 g/mol. The second kappa shape index (κ2) is 8.27. The molecule has 1 amide bonds. The van der Waals surface area contributed by atoms with Gasteiger partial charge in [-0.05, 0) is 23.3 Å². The molecule has 1 aromatic heterocycles. The molecule has 0 saturated heterocycles. The van der Waals surface area contributed by atoms with Crippen LogP contribution < -0.4 is 10.3 Å². The molecule has 4 aromatic rings. The van der Waals surface area contributed by atoms with Gasteiger partial charge in [0.2, 0.25) is 0 Å². The van der Waals surface area contributed by atoms with Crippen LogP contribution in [0.4, 0.5) is 0 Å². The number of para-hydroxylation sites is 1. The van der Waals surface area contributed by atoms with Crippen molar-refractivity contribution in [2.75, 3.05) is 0 Å². The van der Waals surface area contributed by atoms with Crippen molar-refractivity contribution in [3.8, 4) is 0 Å². The second-order valence-electron chi connectivity index (χ2n) is 6.83. The molecule has 4 rings (SSSR count). The van der Waals surface area contributed by atoms with Gasteiger partial charge in [-0.1, -0.05) is 78.9 Å². The van der Waals surface area contributed by atoms with Crippen LogP contribution in [0.25, 0.3) is 10.9 Å². The van der Waals surface area contributed by atoms with Crippen LogP contribution in [0.15, 0.2) is 102 Å². The first-order valence-electron chi connectivity index (χ1n) is 9.42. The Balaban J connectivity index is 1.67. The van der Waals surface area contributed by atoms with Gasteiger partial charge in [-0.2, -0.15) is 0 Å². The summed E-state index contributed by atoms with van der Waals surface area (Å²) in [6, 6.07) is 24.8. The zero-order chi connectivity index (χ0) is 21.9. The molecule has 156 valence electrons. The van der Waals surface area contributed by atoms with Crippen molar-refractivity contribution < 1.29 is 18.3 Å². The van der Waals surface area contributed by atoms with Gasteiger partial charge in [-0.3, -0.25) is 15.2 Å². The summed E-state index contributed by atoms with van der Waals surface area (Å²) in [5, 5.41) is 12.0. The predicted octanol–water partition coefficient (Wildman–Crippen LogP) is 2.48. The van der Waals surface area contributed by atoms with Gasteiger partial charge >= 0.3 is 0 Å². The molecule has 0 fully saturated rings. The van der Waals surface area contributed by atoms with Gasteiger partial charge < -0.3 is 5.11 Å². The van der Waals surface area contributed by atoms with E-state index in [9.17, 15) is 18.3 Å². The van der Waals surface area contributed by atoms with E-state index in [4.69, 9.17) is 0 Å². The molecule has 0 aliphatic rings. The maximum atomic E-state index is 13.1. The minimum absolute atomic E-state index is 0.0890. The van der Waals surface area contributed by atoms with E-state index in [-0.39, 0.29) is 10.4 Å². The number of benzene rings is 3. The number of carbonyl (C=O) groups is 1. The normalized spacial score (nSPS) is 11.9. The number of aliphatic hydroxyl groups is 1. The number of hydrogen-bond donors (Lipinski definition) is 3. The van der Waals surface area contributed by atoms with E-state index in [0.29, 0.717) is 16.5 Å². The van der Waals surface area contributed by atoms with Crippen molar-refractivity contribution in [1.29, 1.82) is 0 Å². The van der Waals surface area contributed by atoms with E-state index in [2.05, 4.69) is 15.2 Å². The Bertz CT molecular complexity index is 1280. The van der Waals surface area contributed by atoms with Crippen molar-refractivity contribution in [2.45, 2.75) is 10.5 Å². The van der Waals surface area contributed by atoms with Crippen molar-refractivity contribution in [3.63, 3.8) is 0 Å². The molecule has 0 saturated carbocycles. The molecule has 3 aromatic carbocycles. The molecule has 0 aliphatic carbocycles. The van der Waals surface area contributed by atoms with E-state index in [1.807, 2.05) is 0 Å². The van der Waals surface area contributed by atoms with Crippen LogP contribution in [0.2, 0.25) is 0 Å². The molecule has 0 atom stereocenters. The zero-order valence-electron chi connectivity index (χ0n) is 16.3. The first-order valence-corrected chi connectivity index (χ1v) is 10.9. The van der Waals surface area contributed by atoms with Crippen molar-refractivity contribution >= 4 is 26.8 Å². The van der Waals surface area contributed by atoms with Crippen LogP contribution in [0, 0.1) is 0 Å². The number of pyridine rings is 1. The van der Waals surface area contributed by atoms with Gasteiger partial charge in [-0.15, -0.1) is 4.83 Å². The van der Waals surface area contributed by atoms with Crippen LogP contribution in [0.5, 0.6) is 0 Å². The molecule has 0 spiro atoms. The lowest BCUT2D eigenvalue weighted by Crippen LogP contribution is -2.52. The summed E-state index contributed by atoms with van der Waals surface area (Å²) in [6.45, 7) is 0. The first kappa shape index (κ1) is 20.7. The smallest absolute Gasteiger partial charge is 0.276 e. The Kier molecular flexibility index (Phi) is 5.51. The molecular formula is C23H19N3O4S. The fraction of sp³-hybridized carbons (Fsp3) is 0.0435. The van der Waals surface area contributed by atoms with E-state index in [1.165, 1.54) is 12.3 Å². The summed E-state index contributed by atoms with van der Waals surface area (Å²) in [6.07, 6.45) is 1.49. The number of hydrazine groups is 1. The van der Waals surface area contributed by atoms with Gasteiger partial charge in [-0.25, -0.2) is 8.42 Å². The van der Waals surface area contributed by atoms with E-state index in [1.54, 1.807) is 84.9 Å². The van der Waals surface area contributed by atoms with Crippen molar-refractivity contribution in [3.05, 3.63) is 108 Å². The number of aromatic nitrogens is 1. The summed E-state index contributed by atoms with van der Waals surface area (Å²) >= 11 is 0. The average Bonchev–Trinajstić information content (AvgIpc) is 2.82. The summed E-state index contributed by atoms with van der Waals surface area (Å²) in [5.74, 6) is -0.943. The summed E-state index contributed by atoms with van der Waals surface area (Å²) in [4.78, 5) is 19.2. The lowest BCUT2D eigenvalue weighted by molar-refractivity contribution is -0.137. The van der Waals surface area contributed by atoms with E-state index < -0.39 is 21.5 Å². The van der Waals surface area contributed by atoms with Crippen LogP contribution in [0.1, 0.15) is 11.1 Å². The van der Waals surface area contributed by atoms with E-state index in [0.717, 1.165) is 0 Å². The third-order valence-electron chi connectivity index (χ3n) is 4.90. The number of nitrogens with zero attached hydrogens (tertiary/aromatic N) is 1. The number of amides is 1. The van der Waals surface area contributed by atoms with Gasteiger partial charge in [0.05, 0.1) is 5.52 Å². The Morgan fingerprint density at radius 3 is 2.00 bits per heavy atom. The monoisotopic (exact) mass is 433 g/mol. The maximum absolute atomic E-state index is 13.1. The average molecular weight is 433 g/mol. The highest BCUT2D eigenvalue weighted by Gasteiger charge is 2.40. The Hall–Kier alpha value is -3.59. The minimum atomic E-state index is -4.16. The standard InChI is InChI=1S/C23H19N3O4S/c27-22(23(28,18-11-3-1-4-12-18)19-13-5-2-6-14-19)25-26-31(29,30)20-15-7-9-17-10-8-16-24-21(17)20/h1-16,26,28H,(H,25,27). The van der Waals surface area contributed by atoms with Crippen molar-refractivity contribution in [1.82, 2.24) is 15.2 Å². The molecule has 0 bridgehead atoms.